The smallest absolute Gasteiger partial charge is 0.268 e. The van der Waals surface area contributed by atoms with Crippen LogP contribution < -0.4 is 9.64 Å². The molecule has 8 heteroatoms. The Morgan fingerprint density at radius 1 is 1.13 bits per heavy atom. The maximum atomic E-state index is 13.6. The van der Waals surface area contributed by atoms with Crippen molar-refractivity contribution >= 4 is 32.3 Å². The fourth-order valence-corrected chi connectivity index (χ4v) is 5.47. The summed E-state index contributed by atoms with van der Waals surface area (Å²) in [5, 5.41) is 0. The molecule has 0 saturated carbocycles. The zero-order chi connectivity index (χ0) is 20.9. The van der Waals surface area contributed by atoms with Gasteiger partial charge >= 0.3 is 0 Å². The number of likely N-dealkylation sites (N-methyl/N-ethyl adjacent to an activating group) is 2. The molecule has 0 amide bonds. The van der Waals surface area contributed by atoms with Gasteiger partial charge in [-0.2, -0.15) is 0 Å². The number of fused-ring (bicyclic) bond motifs is 2. The molecule has 2 aliphatic rings. The van der Waals surface area contributed by atoms with E-state index in [4.69, 9.17) is 4.74 Å². The first-order valence-electron chi connectivity index (χ1n) is 10.0. The third-order valence-corrected chi connectivity index (χ3v) is 7.54. The molecule has 156 valence electrons. The highest BCUT2D eigenvalue weighted by Crippen LogP contribution is 2.35. The molecule has 7 nitrogen and oxygen atoms in total. The lowest BCUT2D eigenvalue weighted by molar-refractivity contribution is 0.310. The topological polar surface area (TPSA) is 67.7 Å². The lowest BCUT2D eigenvalue weighted by atomic mass is 10.0. The number of hydrogen-bond donors (Lipinski definition) is 0. The highest BCUT2D eigenvalue weighted by Gasteiger charge is 2.26. The van der Waals surface area contributed by atoms with Gasteiger partial charge in [-0.1, -0.05) is 6.08 Å². The molecule has 30 heavy (non-hydrogen) atoms. The van der Waals surface area contributed by atoms with E-state index in [2.05, 4.69) is 27.9 Å². The van der Waals surface area contributed by atoms with Gasteiger partial charge in [-0.3, -0.25) is 4.98 Å². The summed E-state index contributed by atoms with van der Waals surface area (Å²) < 4.78 is 34.3. The summed E-state index contributed by atoms with van der Waals surface area (Å²) in [7, 11) is 0.248. The number of hydrogen-bond acceptors (Lipinski definition) is 6. The fourth-order valence-electron chi connectivity index (χ4n) is 4.09. The van der Waals surface area contributed by atoms with Gasteiger partial charge in [-0.15, -0.1) is 0 Å². The number of benzene rings is 1. The number of rotatable bonds is 3. The van der Waals surface area contributed by atoms with Crippen molar-refractivity contribution in [2.24, 2.45) is 0 Å². The molecule has 0 fully saturated rings. The predicted octanol–water partition coefficient (Wildman–Crippen LogP) is 2.82. The van der Waals surface area contributed by atoms with Crippen LogP contribution in [0.3, 0.4) is 0 Å². The molecule has 0 atom stereocenters. The largest absolute Gasteiger partial charge is 0.490 e. The lowest BCUT2D eigenvalue weighted by Crippen LogP contribution is -2.29. The summed E-state index contributed by atoms with van der Waals surface area (Å²) in [6.07, 6.45) is 6.45. The average Bonchev–Trinajstić information content (AvgIpc) is 3.15. The van der Waals surface area contributed by atoms with Gasteiger partial charge in [0.15, 0.2) is 0 Å². The van der Waals surface area contributed by atoms with Gasteiger partial charge in [0, 0.05) is 44.2 Å². The van der Waals surface area contributed by atoms with Crippen molar-refractivity contribution < 1.29 is 13.2 Å². The van der Waals surface area contributed by atoms with Gasteiger partial charge in [0.25, 0.3) is 10.0 Å². The molecule has 0 N–H and O–H groups in total. The molecule has 3 aromatic rings. The van der Waals surface area contributed by atoms with Crippen LogP contribution in [0.15, 0.2) is 53.7 Å². The fraction of sp³-hybridized carbons (Fsp3) is 0.318. The molecule has 0 radical (unpaired) electrons. The van der Waals surface area contributed by atoms with E-state index >= 15 is 0 Å². The van der Waals surface area contributed by atoms with Gasteiger partial charge in [-0.25, -0.2) is 12.4 Å². The molecule has 2 aromatic heterocycles. The first-order chi connectivity index (χ1) is 14.4. The van der Waals surface area contributed by atoms with E-state index in [1.165, 1.54) is 3.97 Å². The maximum absolute atomic E-state index is 13.6. The summed E-state index contributed by atoms with van der Waals surface area (Å²) >= 11 is 0. The Labute approximate surface area is 176 Å². The molecular formula is C22H24N4O3S. The molecule has 0 unspecified atom stereocenters. The summed E-state index contributed by atoms with van der Waals surface area (Å²) in [6, 6.07) is 8.66. The third-order valence-electron chi connectivity index (χ3n) is 5.87. The molecule has 0 bridgehead atoms. The SMILES string of the molecule is CN1CC=C(c2cn(S(=O)(=O)c3ccc4c(c3)OCCN4C)c3cccnc23)CC1. The molecule has 1 aromatic carbocycles. The van der Waals surface area contributed by atoms with E-state index in [9.17, 15) is 8.42 Å². The number of ether oxygens (including phenoxy) is 1. The second-order valence-electron chi connectivity index (χ2n) is 7.86. The summed E-state index contributed by atoms with van der Waals surface area (Å²) in [6.45, 7) is 3.10. The van der Waals surface area contributed by atoms with E-state index in [0.29, 0.717) is 23.4 Å². The third kappa shape index (κ3) is 3.07. The Kier molecular flexibility index (Phi) is 4.56. The van der Waals surface area contributed by atoms with Gasteiger partial charge < -0.3 is 14.5 Å². The number of nitrogens with zero attached hydrogens (tertiary/aromatic N) is 4. The Bertz CT molecular complexity index is 1260. The lowest BCUT2D eigenvalue weighted by Gasteiger charge is -2.27. The quantitative estimate of drug-likeness (QED) is 0.644. The van der Waals surface area contributed by atoms with Gasteiger partial charge in [-0.05, 0) is 43.3 Å². The molecule has 0 aliphatic carbocycles. The Morgan fingerprint density at radius 3 is 2.80 bits per heavy atom. The summed E-state index contributed by atoms with van der Waals surface area (Å²) in [5.41, 5.74) is 4.22. The van der Waals surface area contributed by atoms with Crippen LogP contribution in [0.5, 0.6) is 5.75 Å². The van der Waals surface area contributed by atoms with E-state index in [1.54, 1.807) is 30.6 Å². The van der Waals surface area contributed by atoms with Crippen molar-refractivity contribution in [3.05, 3.63) is 54.4 Å². The van der Waals surface area contributed by atoms with Crippen molar-refractivity contribution in [3.8, 4) is 5.75 Å². The summed E-state index contributed by atoms with van der Waals surface area (Å²) in [4.78, 5) is 9.02. The van der Waals surface area contributed by atoms with E-state index in [0.717, 1.165) is 42.9 Å². The minimum Gasteiger partial charge on any atom is -0.490 e. The van der Waals surface area contributed by atoms with Crippen molar-refractivity contribution in [2.75, 3.05) is 45.2 Å². The van der Waals surface area contributed by atoms with Gasteiger partial charge in [0.1, 0.15) is 12.4 Å². The van der Waals surface area contributed by atoms with Gasteiger partial charge in [0.05, 0.1) is 28.2 Å². The second kappa shape index (κ2) is 7.14. The summed E-state index contributed by atoms with van der Waals surface area (Å²) in [5.74, 6) is 0.595. The van der Waals surface area contributed by atoms with Crippen molar-refractivity contribution in [1.82, 2.24) is 13.9 Å². The minimum absolute atomic E-state index is 0.209. The first kappa shape index (κ1) is 19.1. The first-order valence-corrected chi connectivity index (χ1v) is 11.5. The Morgan fingerprint density at radius 2 is 2.00 bits per heavy atom. The highest BCUT2D eigenvalue weighted by atomic mass is 32.2. The van der Waals surface area contributed by atoms with Crippen LogP contribution in [0, 0.1) is 0 Å². The zero-order valence-electron chi connectivity index (χ0n) is 17.1. The van der Waals surface area contributed by atoms with Gasteiger partial charge in [0.2, 0.25) is 0 Å². The van der Waals surface area contributed by atoms with E-state index in [1.807, 2.05) is 19.2 Å². The van der Waals surface area contributed by atoms with Crippen LogP contribution in [-0.4, -0.2) is 62.6 Å². The minimum atomic E-state index is -3.80. The maximum Gasteiger partial charge on any atom is 0.268 e. The molecule has 4 heterocycles. The molecule has 0 saturated heterocycles. The van der Waals surface area contributed by atoms with E-state index < -0.39 is 10.0 Å². The van der Waals surface area contributed by atoms with Crippen LogP contribution in [0.25, 0.3) is 16.6 Å². The van der Waals surface area contributed by atoms with Crippen LogP contribution in [0.2, 0.25) is 0 Å². The molecule has 0 spiro atoms. The van der Waals surface area contributed by atoms with Crippen LogP contribution in [-0.2, 0) is 10.0 Å². The average molecular weight is 425 g/mol. The number of anilines is 1. The van der Waals surface area contributed by atoms with Crippen LogP contribution >= 0.6 is 0 Å². The Balaban J connectivity index is 1.64. The van der Waals surface area contributed by atoms with Crippen LogP contribution in [0.1, 0.15) is 12.0 Å². The zero-order valence-corrected chi connectivity index (χ0v) is 17.9. The predicted molar refractivity (Wildman–Crippen MR) is 118 cm³/mol. The van der Waals surface area contributed by atoms with Crippen molar-refractivity contribution in [2.45, 2.75) is 11.3 Å². The normalized spacial score (nSPS) is 17.5. The number of pyridine rings is 1. The molecule has 5 rings (SSSR count). The van der Waals surface area contributed by atoms with Crippen LogP contribution in [0.4, 0.5) is 5.69 Å². The van der Waals surface area contributed by atoms with Crippen molar-refractivity contribution in [1.29, 1.82) is 0 Å². The second-order valence-corrected chi connectivity index (χ2v) is 9.67. The Hall–Kier alpha value is -2.84. The monoisotopic (exact) mass is 424 g/mol. The standard InChI is InChI=1S/C22H24N4O3S/c1-24-10-7-16(8-11-24)18-15-26(20-4-3-9-23-22(18)20)30(27,28)17-5-6-19-21(14-17)29-13-12-25(19)2/h3-7,9,14-15H,8,10-13H2,1-2H3. The molecule has 2 aliphatic heterocycles. The molecular weight excluding hydrogens is 400 g/mol. The van der Waals surface area contributed by atoms with Crippen molar-refractivity contribution in [3.63, 3.8) is 0 Å². The van der Waals surface area contributed by atoms with E-state index in [-0.39, 0.29) is 4.90 Å². The highest BCUT2D eigenvalue weighted by molar-refractivity contribution is 7.90. The number of aromatic nitrogens is 2.